The van der Waals surface area contributed by atoms with Crippen molar-refractivity contribution in [3.8, 4) is 0 Å². The molecule has 0 atom stereocenters. The van der Waals surface area contributed by atoms with Crippen molar-refractivity contribution in [1.82, 2.24) is 24.1 Å². The fourth-order valence-electron chi connectivity index (χ4n) is 4.44. The van der Waals surface area contributed by atoms with Crippen molar-refractivity contribution in [1.29, 1.82) is 0 Å². The van der Waals surface area contributed by atoms with Crippen LogP contribution in [0, 0.1) is 19.8 Å². The number of aryl methyl sites for hydroxylation is 2. The number of nitrogens with one attached hydrogen (secondary N) is 1. The molecule has 0 unspecified atom stereocenters. The zero-order valence-corrected chi connectivity index (χ0v) is 22.1. The number of aromatic nitrogens is 4. The van der Waals surface area contributed by atoms with E-state index in [-0.39, 0.29) is 36.0 Å². The van der Waals surface area contributed by atoms with E-state index in [0.29, 0.717) is 28.9 Å². The van der Waals surface area contributed by atoms with E-state index in [2.05, 4.69) is 10.4 Å². The topological polar surface area (TPSA) is 90.4 Å². The average Bonchev–Trinajstić information content (AvgIpc) is 3.22. The summed E-state index contributed by atoms with van der Waals surface area (Å²) in [6.07, 6.45) is 0. The van der Waals surface area contributed by atoms with E-state index < -0.39 is 0 Å². The molecule has 0 bridgehead atoms. The Morgan fingerprint density at radius 2 is 1.47 bits per heavy atom. The van der Waals surface area contributed by atoms with Crippen molar-refractivity contribution in [2.45, 2.75) is 40.8 Å². The molecule has 3 aromatic carbocycles. The normalized spacial score (nSPS) is 11.5. The van der Waals surface area contributed by atoms with Crippen molar-refractivity contribution in [2.75, 3.05) is 6.54 Å². The zero-order valence-electron chi connectivity index (χ0n) is 22.1. The third-order valence-electron chi connectivity index (χ3n) is 6.63. The van der Waals surface area contributed by atoms with Crippen LogP contribution in [0.25, 0.3) is 16.7 Å². The molecule has 0 fully saturated rings. The molecule has 0 saturated carbocycles. The first-order chi connectivity index (χ1) is 18.2. The SMILES string of the molecule is Cc1ccc(Cn2nc3n(Cc4ccc(C)cc4)c(=O)c4ccc(C(=O)NCC(C)C)cc4n3c2=O)cc1. The highest BCUT2D eigenvalue weighted by molar-refractivity contribution is 5.98. The molecule has 2 aromatic heterocycles. The molecule has 1 N–H and O–H groups in total. The maximum atomic E-state index is 13.7. The van der Waals surface area contributed by atoms with Crippen LogP contribution in [0.3, 0.4) is 0 Å². The van der Waals surface area contributed by atoms with Gasteiger partial charge in [-0.25, -0.2) is 13.9 Å². The summed E-state index contributed by atoms with van der Waals surface area (Å²) >= 11 is 0. The molecule has 1 amide bonds. The second-order valence-corrected chi connectivity index (χ2v) is 10.3. The van der Waals surface area contributed by atoms with Crippen LogP contribution in [0.15, 0.2) is 76.3 Å². The molecular formula is C30H31N5O3. The van der Waals surface area contributed by atoms with Gasteiger partial charge in [0, 0.05) is 12.1 Å². The Morgan fingerprint density at radius 3 is 2.08 bits per heavy atom. The van der Waals surface area contributed by atoms with E-state index in [0.717, 1.165) is 22.3 Å². The Morgan fingerprint density at radius 1 is 0.868 bits per heavy atom. The molecule has 5 aromatic rings. The first-order valence-corrected chi connectivity index (χ1v) is 12.8. The lowest BCUT2D eigenvalue weighted by Gasteiger charge is -2.12. The molecule has 0 aliphatic rings. The van der Waals surface area contributed by atoms with Gasteiger partial charge in [-0.05, 0) is 49.1 Å². The smallest absolute Gasteiger partial charge is 0.352 e. The molecule has 8 heteroatoms. The summed E-state index contributed by atoms with van der Waals surface area (Å²) in [5.41, 5.74) is 4.19. The number of hydrogen-bond acceptors (Lipinski definition) is 4. The molecule has 0 spiro atoms. The minimum atomic E-state index is -0.372. The summed E-state index contributed by atoms with van der Waals surface area (Å²) in [6.45, 7) is 9.09. The van der Waals surface area contributed by atoms with E-state index in [1.165, 1.54) is 13.6 Å². The van der Waals surface area contributed by atoms with Gasteiger partial charge < -0.3 is 5.32 Å². The molecule has 8 nitrogen and oxygen atoms in total. The number of rotatable bonds is 7. The number of benzene rings is 3. The second-order valence-electron chi connectivity index (χ2n) is 10.3. The Hall–Kier alpha value is -4.46. The van der Waals surface area contributed by atoms with Crippen LogP contribution in [0.4, 0.5) is 0 Å². The van der Waals surface area contributed by atoms with E-state index >= 15 is 0 Å². The predicted octanol–water partition coefficient (Wildman–Crippen LogP) is 3.91. The summed E-state index contributed by atoms with van der Waals surface area (Å²) in [5.74, 6) is 0.278. The van der Waals surface area contributed by atoms with Crippen LogP contribution in [0.2, 0.25) is 0 Å². The van der Waals surface area contributed by atoms with Crippen LogP contribution < -0.4 is 16.6 Å². The number of hydrogen-bond donors (Lipinski definition) is 1. The second kappa shape index (κ2) is 10.1. The van der Waals surface area contributed by atoms with Crippen molar-refractivity contribution in [3.05, 3.63) is 115 Å². The highest BCUT2D eigenvalue weighted by Gasteiger charge is 2.19. The summed E-state index contributed by atoms with van der Waals surface area (Å²) in [7, 11) is 0. The molecule has 0 radical (unpaired) electrons. The third-order valence-corrected chi connectivity index (χ3v) is 6.63. The maximum absolute atomic E-state index is 13.7. The molecule has 194 valence electrons. The van der Waals surface area contributed by atoms with E-state index in [9.17, 15) is 14.4 Å². The Balaban J connectivity index is 1.71. The molecular weight excluding hydrogens is 478 g/mol. The summed E-state index contributed by atoms with van der Waals surface area (Å²) in [4.78, 5) is 40.2. The average molecular weight is 510 g/mol. The van der Waals surface area contributed by atoms with Gasteiger partial charge in [0.05, 0.1) is 24.0 Å². The highest BCUT2D eigenvalue weighted by atomic mass is 16.2. The standard InChI is InChI=1S/C30H31N5O3/c1-19(2)16-31-27(36)24-13-14-25-26(15-24)35-29(33(28(25)37)17-22-9-5-20(3)6-10-22)32-34(30(35)38)18-23-11-7-21(4)8-12-23/h5-15,19H,16-18H2,1-4H3,(H,31,36). The predicted molar refractivity (Wildman–Crippen MR) is 149 cm³/mol. The van der Waals surface area contributed by atoms with Gasteiger partial charge in [0.2, 0.25) is 5.78 Å². The van der Waals surface area contributed by atoms with Crippen molar-refractivity contribution in [2.24, 2.45) is 5.92 Å². The van der Waals surface area contributed by atoms with Crippen LogP contribution in [-0.4, -0.2) is 31.2 Å². The van der Waals surface area contributed by atoms with Crippen molar-refractivity contribution >= 4 is 22.6 Å². The van der Waals surface area contributed by atoms with Crippen molar-refractivity contribution in [3.63, 3.8) is 0 Å². The minimum absolute atomic E-state index is 0.236. The van der Waals surface area contributed by atoms with Crippen LogP contribution in [0.5, 0.6) is 0 Å². The van der Waals surface area contributed by atoms with Gasteiger partial charge in [-0.1, -0.05) is 73.5 Å². The van der Waals surface area contributed by atoms with Gasteiger partial charge >= 0.3 is 5.69 Å². The molecule has 0 saturated heterocycles. The summed E-state index contributed by atoms with van der Waals surface area (Å²) in [5, 5.41) is 7.87. The van der Waals surface area contributed by atoms with E-state index in [4.69, 9.17) is 0 Å². The fourth-order valence-corrected chi connectivity index (χ4v) is 4.44. The lowest BCUT2D eigenvalue weighted by molar-refractivity contribution is 0.0949. The van der Waals surface area contributed by atoms with E-state index in [1.54, 1.807) is 18.2 Å². The summed E-state index contributed by atoms with van der Waals surface area (Å²) in [6, 6.07) is 20.7. The van der Waals surface area contributed by atoms with Gasteiger partial charge in [0.1, 0.15) is 0 Å². The molecule has 0 aliphatic heterocycles. The molecule has 38 heavy (non-hydrogen) atoms. The fraction of sp³-hybridized carbons (Fsp3) is 0.267. The van der Waals surface area contributed by atoms with Gasteiger partial charge in [-0.3, -0.25) is 14.2 Å². The number of amides is 1. The Bertz CT molecular complexity index is 1760. The number of carbonyl (C=O) groups is 1. The molecule has 0 aliphatic carbocycles. The Labute approximate surface area is 220 Å². The first-order valence-electron chi connectivity index (χ1n) is 12.8. The van der Waals surface area contributed by atoms with E-state index in [1.807, 2.05) is 76.2 Å². The van der Waals surface area contributed by atoms with Crippen LogP contribution in [0.1, 0.15) is 46.5 Å². The monoisotopic (exact) mass is 509 g/mol. The summed E-state index contributed by atoms with van der Waals surface area (Å²) < 4.78 is 4.34. The lowest BCUT2D eigenvalue weighted by Crippen LogP contribution is -2.29. The maximum Gasteiger partial charge on any atom is 0.352 e. The zero-order chi connectivity index (χ0) is 27.0. The number of fused-ring (bicyclic) bond motifs is 3. The van der Waals surface area contributed by atoms with Crippen molar-refractivity contribution < 1.29 is 4.79 Å². The number of nitrogens with zero attached hydrogens (tertiary/aromatic N) is 4. The van der Waals surface area contributed by atoms with Gasteiger partial charge in [-0.15, -0.1) is 5.10 Å². The largest absolute Gasteiger partial charge is 0.352 e. The van der Waals surface area contributed by atoms with Crippen LogP contribution >= 0.6 is 0 Å². The van der Waals surface area contributed by atoms with Gasteiger partial charge in [0.25, 0.3) is 11.5 Å². The first kappa shape index (κ1) is 25.2. The molecule has 2 heterocycles. The van der Waals surface area contributed by atoms with Crippen LogP contribution in [-0.2, 0) is 13.1 Å². The molecule has 5 rings (SSSR count). The Kier molecular flexibility index (Phi) is 6.72. The lowest BCUT2D eigenvalue weighted by atomic mass is 10.1. The van der Waals surface area contributed by atoms with Gasteiger partial charge in [-0.2, -0.15) is 0 Å². The minimum Gasteiger partial charge on any atom is -0.352 e. The highest BCUT2D eigenvalue weighted by Crippen LogP contribution is 2.16. The quantitative estimate of drug-likeness (QED) is 0.360. The number of carbonyl (C=O) groups excluding carboxylic acids is 1. The third kappa shape index (κ3) is 4.89. The van der Waals surface area contributed by atoms with Gasteiger partial charge in [0.15, 0.2) is 0 Å².